The van der Waals surface area contributed by atoms with Gasteiger partial charge in [0, 0.05) is 16.0 Å². The predicted octanol–water partition coefficient (Wildman–Crippen LogP) is 4.49. The Morgan fingerprint density at radius 2 is 2.09 bits per heavy atom. The molecule has 0 fully saturated rings. The summed E-state index contributed by atoms with van der Waals surface area (Å²) < 4.78 is 5.85. The number of phenols is 1. The summed E-state index contributed by atoms with van der Waals surface area (Å²) in [5.74, 6) is -1.11. The van der Waals surface area contributed by atoms with Crippen LogP contribution < -0.4 is 4.74 Å². The Kier molecular flexibility index (Phi) is 5.11. The highest BCUT2D eigenvalue weighted by Gasteiger charge is 2.24. The third-order valence-electron chi connectivity index (χ3n) is 3.77. The van der Waals surface area contributed by atoms with E-state index in [-0.39, 0.29) is 17.2 Å². The van der Waals surface area contributed by atoms with Crippen LogP contribution in [0.25, 0.3) is 0 Å². The fourth-order valence-electron chi connectivity index (χ4n) is 2.55. The van der Waals surface area contributed by atoms with Gasteiger partial charge in [0.25, 0.3) is 0 Å². The largest absolute Gasteiger partial charge is 0.507 e. The summed E-state index contributed by atoms with van der Waals surface area (Å²) in [6.45, 7) is 5.66. The quantitative estimate of drug-likeness (QED) is 0.754. The monoisotopic (exact) mass is 376 g/mol. The molecule has 0 amide bonds. The first-order valence-electron chi connectivity index (χ1n) is 6.92. The fourth-order valence-corrected chi connectivity index (χ4v) is 3.00. The van der Waals surface area contributed by atoms with Gasteiger partial charge < -0.3 is 14.9 Å². The van der Waals surface area contributed by atoms with Crippen LogP contribution >= 0.6 is 15.9 Å². The number of rotatable bonds is 5. The highest BCUT2D eigenvalue weighted by molar-refractivity contribution is 9.10. The summed E-state index contributed by atoms with van der Waals surface area (Å²) in [4.78, 5) is 11.4. The summed E-state index contributed by atoms with van der Waals surface area (Å²) >= 11 is 3.36. The molecular weight excluding hydrogens is 360 g/mol. The zero-order valence-corrected chi connectivity index (χ0v) is 14.4. The molecular formula is C18H17BrO4. The van der Waals surface area contributed by atoms with E-state index in [4.69, 9.17) is 4.74 Å². The van der Waals surface area contributed by atoms with Gasteiger partial charge in [-0.25, -0.2) is 4.79 Å². The van der Waals surface area contributed by atoms with Crippen LogP contribution in [0, 0.1) is 6.92 Å². The van der Waals surface area contributed by atoms with E-state index in [2.05, 4.69) is 22.5 Å². The minimum Gasteiger partial charge on any atom is -0.507 e. The molecule has 2 aromatic carbocycles. The van der Waals surface area contributed by atoms with Crippen molar-refractivity contribution in [2.45, 2.75) is 12.8 Å². The average Bonchev–Trinajstić information content (AvgIpc) is 2.54. The Bertz CT molecular complexity index is 768. The molecule has 0 radical (unpaired) electrons. The number of allylic oxidation sites excluding steroid dienone is 1. The number of hydrogen-bond donors (Lipinski definition) is 2. The van der Waals surface area contributed by atoms with Crippen molar-refractivity contribution in [3.8, 4) is 11.5 Å². The number of aromatic carboxylic acids is 1. The molecule has 0 heterocycles. The van der Waals surface area contributed by atoms with Crippen molar-refractivity contribution in [1.29, 1.82) is 0 Å². The molecule has 0 aliphatic carbocycles. The molecule has 23 heavy (non-hydrogen) atoms. The van der Waals surface area contributed by atoms with E-state index in [1.54, 1.807) is 13.2 Å². The van der Waals surface area contributed by atoms with Crippen LogP contribution in [0.1, 0.15) is 33.0 Å². The minimum absolute atomic E-state index is 0.146. The molecule has 0 aromatic heterocycles. The number of halogens is 1. The summed E-state index contributed by atoms with van der Waals surface area (Å²) in [6.07, 6.45) is 1.68. The van der Waals surface area contributed by atoms with Gasteiger partial charge in [0.15, 0.2) is 0 Å². The molecule has 2 aromatic rings. The van der Waals surface area contributed by atoms with Crippen LogP contribution in [0.5, 0.6) is 11.5 Å². The van der Waals surface area contributed by atoms with Crippen molar-refractivity contribution in [3.05, 3.63) is 69.7 Å². The maximum atomic E-state index is 11.4. The number of carbonyl (C=O) groups is 1. The van der Waals surface area contributed by atoms with Crippen molar-refractivity contribution < 1.29 is 19.7 Å². The Labute approximate surface area is 143 Å². The first-order valence-corrected chi connectivity index (χ1v) is 7.71. The van der Waals surface area contributed by atoms with Gasteiger partial charge in [0.1, 0.15) is 17.1 Å². The second-order valence-electron chi connectivity index (χ2n) is 5.09. The Balaban J connectivity index is 2.70. The molecule has 0 aliphatic heterocycles. The molecule has 2 N–H and O–H groups in total. The minimum atomic E-state index is -1.18. The van der Waals surface area contributed by atoms with Crippen molar-refractivity contribution in [1.82, 2.24) is 0 Å². The van der Waals surface area contributed by atoms with Gasteiger partial charge >= 0.3 is 5.97 Å². The number of carboxylic acids is 1. The molecule has 0 bridgehead atoms. The molecule has 0 aliphatic rings. The number of methoxy groups -OCH3 is 1. The van der Waals surface area contributed by atoms with E-state index in [9.17, 15) is 15.0 Å². The lowest BCUT2D eigenvalue weighted by Crippen LogP contribution is -2.06. The maximum Gasteiger partial charge on any atom is 0.339 e. The van der Waals surface area contributed by atoms with Gasteiger partial charge in [0.05, 0.1) is 7.11 Å². The van der Waals surface area contributed by atoms with Crippen molar-refractivity contribution in [2.24, 2.45) is 0 Å². The van der Waals surface area contributed by atoms with E-state index in [0.717, 1.165) is 11.1 Å². The third-order valence-corrected chi connectivity index (χ3v) is 4.60. The molecule has 1 unspecified atom stereocenters. The molecule has 2 rings (SSSR count). The molecule has 0 saturated heterocycles. The summed E-state index contributed by atoms with van der Waals surface area (Å²) in [5.41, 5.74) is 1.99. The molecule has 0 spiro atoms. The number of hydrogen-bond acceptors (Lipinski definition) is 3. The second kappa shape index (κ2) is 6.87. The summed E-state index contributed by atoms with van der Waals surface area (Å²) in [7, 11) is 1.58. The lowest BCUT2D eigenvalue weighted by atomic mass is 9.86. The van der Waals surface area contributed by atoms with E-state index in [1.807, 2.05) is 31.2 Å². The van der Waals surface area contributed by atoms with Crippen molar-refractivity contribution >= 4 is 21.9 Å². The third kappa shape index (κ3) is 3.24. The van der Waals surface area contributed by atoms with Gasteiger partial charge in [-0.1, -0.05) is 34.1 Å². The van der Waals surface area contributed by atoms with Crippen molar-refractivity contribution in [2.75, 3.05) is 7.11 Å². The van der Waals surface area contributed by atoms with E-state index >= 15 is 0 Å². The van der Waals surface area contributed by atoms with Gasteiger partial charge in [-0.15, -0.1) is 6.58 Å². The van der Waals surface area contributed by atoms with E-state index in [0.29, 0.717) is 15.8 Å². The van der Waals surface area contributed by atoms with Crippen LogP contribution in [-0.2, 0) is 0 Å². The lowest BCUT2D eigenvalue weighted by Gasteiger charge is -2.20. The van der Waals surface area contributed by atoms with Crippen LogP contribution in [-0.4, -0.2) is 23.3 Å². The van der Waals surface area contributed by atoms with E-state index < -0.39 is 5.97 Å². The zero-order valence-electron chi connectivity index (χ0n) is 12.8. The molecule has 1 atom stereocenters. The Morgan fingerprint density at radius 1 is 1.39 bits per heavy atom. The average molecular weight is 377 g/mol. The van der Waals surface area contributed by atoms with Gasteiger partial charge in [-0.3, -0.25) is 0 Å². The molecule has 5 heteroatoms. The number of carboxylic acid groups (broad SMARTS) is 1. The molecule has 4 nitrogen and oxygen atoms in total. The zero-order chi connectivity index (χ0) is 17.1. The van der Waals surface area contributed by atoms with Gasteiger partial charge in [-0.2, -0.15) is 0 Å². The first-order chi connectivity index (χ1) is 10.9. The number of ether oxygens (including phenoxy) is 1. The summed E-state index contributed by atoms with van der Waals surface area (Å²) in [6, 6.07) is 8.79. The van der Waals surface area contributed by atoms with Crippen LogP contribution in [0.2, 0.25) is 0 Å². The highest BCUT2D eigenvalue weighted by atomic mass is 79.9. The van der Waals surface area contributed by atoms with Crippen LogP contribution in [0.15, 0.2) is 47.5 Å². The van der Waals surface area contributed by atoms with Crippen LogP contribution in [0.3, 0.4) is 0 Å². The molecule has 120 valence electrons. The smallest absolute Gasteiger partial charge is 0.339 e. The standard InChI is InChI=1S/C18H17BrO4/c1-4-13(11-6-5-7-12(8-11)23-3)16-10(2)15(19)9-14(17(16)20)18(21)22/h4-9,13,20H,1H2,2-3H3,(H,21,22). The van der Waals surface area contributed by atoms with Gasteiger partial charge in [-0.05, 0) is 36.2 Å². The first kappa shape index (κ1) is 17.1. The van der Waals surface area contributed by atoms with Crippen LogP contribution in [0.4, 0.5) is 0 Å². The topological polar surface area (TPSA) is 66.8 Å². The SMILES string of the molecule is C=CC(c1cccc(OC)c1)c1c(C)c(Br)cc(C(=O)O)c1O. The van der Waals surface area contributed by atoms with Gasteiger partial charge in [0.2, 0.25) is 0 Å². The Morgan fingerprint density at radius 3 is 2.65 bits per heavy atom. The lowest BCUT2D eigenvalue weighted by molar-refractivity contribution is 0.0693. The second-order valence-corrected chi connectivity index (χ2v) is 5.94. The number of benzene rings is 2. The number of aromatic hydroxyl groups is 1. The Hall–Kier alpha value is -2.27. The summed E-state index contributed by atoms with van der Waals surface area (Å²) in [5, 5.41) is 19.8. The predicted molar refractivity (Wildman–Crippen MR) is 92.5 cm³/mol. The highest BCUT2D eigenvalue weighted by Crippen LogP contribution is 2.40. The maximum absolute atomic E-state index is 11.4. The molecule has 0 saturated carbocycles. The van der Waals surface area contributed by atoms with Crippen molar-refractivity contribution in [3.63, 3.8) is 0 Å². The van der Waals surface area contributed by atoms with E-state index in [1.165, 1.54) is 6.07 Å². The normalized spacial score (nSPS) is 11.8. The fraction of sp³-hybridized carbons (Fsp3) is 0.167.